The van der Waals surface area contributed by atoms with E-state index < -0.39 is 34.5 Å². The van der Waals surface area contributed by atoms with Crippen molar-refractivity contribution in [1.82, 2.24) is 15.1 Å². The number of nitrogens with zero attached hydrogens (tertiary/aromatic N) is 4. The Labute approximate surface area is 258 Å². The Balaban J connectivity index is 1.34. The lowest BCUT2D eigenvalue weighted by Crippen LogP contribution is -2.50. The van der Waals surface area contributed by atoms with Crippen molar-refractivity contribution in [3.05, 3.63) is 88.1 Å². The van der Waals surface area contributed by atoms with E-state index in [1.165, 1.54) is 0 Å². The van der Waals surface area contributed by atoms with Crippen molar-refractivity contribution < 1.29 is 22.7 Å². The Hall–Kier alpha value is -4.12. The molecular formula is C33H34F3N5O2S. The molecule has 4 aromatic rings. The number of fused-ring (bicyclic) bond motifs is 1. The van der Waals surface area contributed by atoms with E-state index >= 15 is 8.78 Å². The van der Waals surface area contributed by atoms with Crippen LogP contribution in [0, 0.1) is 23.4 Å². The van der Waals surface area contributed by atoms with E-state index in [1.54, 1.807) is 16.2 Å². The third-order valence-electron chi connectivity index (χ3n) is 8.13. The van der Waals surface area contributed by atoms with Gasteiger partial charge in [0.1, 0.15) is 11.4 Å². The van der Waals surface area contributed by atoms with Gasteiger partial charge >= 0.3 is 6.09 Å². The van der Waals surface area contributed by atoms with Crippen LogP contribution in [0.15, 0.2) is 58.9 Å². The van der Waals surface area contributed by atoms with Crippen molar-refractivity contribution in [2.75, 3.05) is 31.1 Å². The number of aliphatic imine (C=N–C) groups is 1. The van der Waals surface area contributed by atoms with Crippen LogP contribution in [0.1, 0.15) is 56.7 Å². The predicted octanol–water partition coefficient (Wildman–Crippen LogP) is 7.91. The lowest BCUT2D eigenvalue weighted by molar-refractivity contribution is 0.0240. The maximum atomic E-state index is 15.1. The molecule has 11 heteroatoms. The minimum atomic E-state index is -1.25. The maximum Gasteiger partial charge on any atom is 0.410 e. The molecule has 2 aliphatic heterocycles. The molecular weight excluding hydrogens is 587 g/mol. The number of rotatable bonds is 5. The number of anilines is 1. The molecule has 0 bridgehead atoms. The fourth-order valence-electron chi connectivity index (χ4n) is 6.08. The van der Waals surface area contributed by atoms with Crippen LogP contribution in [0.2, 0.25) is 0 Å². The summed E-state index contributed by atoms with van der Waals surface area (Å²) in [6.45, 7) is 9.91. The first-order valence-electron chi connectivity index (χ1n) is 14.7. The molecule has 230 valence electrons. The molecule has 0 radical (unpaired) electrons. The van der Waals surface area contributed by atoms with Gasteiger partial charge < -0.3 is 14.5 Å². The average Bonchev–Trinajstić information content (AvgIpc) is 3.68. The lowest BCUT2D eigenvalue weighted by Gasteiger charge is -2.37. The van der Waals surface area contributed by atoms with Crippen molar-refractivity contribution in [3.63, 3.8) is 0 Å². The molecule has 0 aliphatic carbocycles. The van der Waals surface area contributed by atoms with Crippen LogP contribution < -0.4 is 4.90 Å². The molecule has 2 atom stereocenters. The number of hydrogen-bond acceptors (Lipinski definition) is 6. The molecule has 2 aromatic heterocycles. The standard InChI is InChI=1S/C33H34F3N5O2S/c1-5-21-25(19-8-10-20(11-9-19)40-14-16-41(17-15-40)32(42)43-33(2,3)4)27-30(24-7-6-18-44-24)38-39-31(27)37-29(21)26-22(34)12-13-23(35)28(26)36/h6-13,18,21,25H,5,14-17H2,1-4H3,(H,38,39). The van der Waals surface area contributed by atoms with Crippen LogP contribution in [0.25, 0.3) is 10.6 Å². The topological polar surface area (TPSA) is 73.8 Å². The molecule has 1 amide bonds. The van der Waals surface area contributed by atoms with Crippen molar-refractivity contribution in [1.29, 1.82) is 0 Å². The highest BCUT2D eigenvalue weighted by atomic mass is 32.1. The zero-order chi connectivity index (χ0) is 31.2. The van der Waals surface area contributed by atoms with Gasteiger partial charge in [0.2, 0.25) is 0 Å². The van der Waals surface area contributed by atoms with Crippen molar-refractivity contribution in [3.8, 4) is 10.6 Å². The molecule has 44 heavy (non-hydrogen) atoms. The Morgan fingerprint density at radius 3 is 2.36 bits per heavy atom. The number of carbonyl (C=O) groups excluding carboxylic acids is 1. The summed E-state index contributed by atoms with van der Waals surface area (Å²) in [6, 6.07) is 13.8. The Bertz CT molecular complexity index is 1690. The van der Waals surface area contributed by atoms with Gasteiger partial charge in [-0.2, -0.15) is 5.10 Å². The highest BCUT2D eigenvalue weighted by Gasteiger charge is 2.40. The molecule has 0 spiro atoms. The number of carbonyl (C=O) groups is 1. The van der Waals surface area contributed by atoms with Crippen molar-refractivity contribution >= 4 is 34.6 Å². The number of H-pyrrole nitrogens is 1. The summed E-state index contributed by atoms with van der Waals surface area (Å²) in [7, 11) is 0. The third kappa shape index (κ3) is 5.60. The fraction of sp³-hybridized carbons (Fsp3) is 0.364. The summed E-state index contributed by atoms with van der Waals surface area (Å²) in [5, 5.41) is 9.53. The van der Waals surface area contributed by atoms with Gasteiger partial charge in [0, 0.05) is 49.3 Å². The number of thiophene rings is 1. The van der Waals surface area contributed by atoms with Gasteiger partial charge in [0.25, 0.3) is 0 Å². The molecule has 2 unspecified atom stereocenters. The van der Waals surface area contributed by atoms with Crippen LogP contribution in [-0.2, 0) is 4.74 Å². The quantitative estimate of drug-likeness (QED) is 0.230. The second-order valence-corrected chi connectivity index (χ2v) is 13.0. The molecule has 1 fully saturated rings. The zero-order valence-corrected chi connectivity index (χ0v) is 25.9. The molecule has 0 saturated carbocycles. The first kappa shape index (κ1) is 29.9. The van der Waals surface area contributed by atoms with Gasteiger partial charge in [-0.05, 0) is 68.5 Å². The minimum absolute atomic E-state index is 0.145. The molecule has 1 N–H and O–H groups in total. The van der Waals surface area contributed by atoms with E-state index in [-0.39, 0.29) is 17.7 Å². The zero-order valence-electron chi connectivity index (χ0n) is 25.0. The Morgan fingerprint density at radius 2 is 1.73 bits per heavy atom. The number of nitrogens with one attached hydrogen (secondary N) is 1. The van der Waals surface area contributed by atoms with Crippen molar-refractivity contribution in [2.45, 2.75) is 45.6 Å². The molecule has 6 rings (SSSR count). The van der Waals surface area contributed by atoms with Crippen LogP contribution in [0.4, 0.5) is 29.5 Å². The molecule has 4 heterocycles. The SMILES string of the molecule is CCC1C(c2c(F)ccc(F)c2F)=Nc2n[nH]c(-c3cccs3)c2C1c1ccc(N2CCN(C(=O)OC(C)(C)C)CC2)cc1. The van der Waals surface area contributed by atoms with E-state index in [0.29, 0.717) is 38.4 Å². The summed E-state index contributed by atoms with van der Waals surface area (Å²) < 4.78 is 50.2. The van der Waals surface area contributed by atoms with Gasteiger partial charge in [-0.25, -0.2) is 23.0 Å². The average molecular weight is 622 g/mol. The number of amides is 1. The third-order valence-corrected chi connectivity index (χ3v) is 9.02. The molecule has 2 aliphatic rings. The number of hydrogen-bond donors (Lipinski definition) is 1. The van der Waals surface area contributed by atoms with Gasteiger partial charge in [-0.1, -0.05) is 25.1 Å². The number of halogens is 3. The second kappa shape index (κ2) is 11.8. The number of benzene rings is 2. The number of aromatic nitrogens is 2. The number of piperazine rings is 1. The van der Waals surface area contributed by atoms with Gasteiger partial charge in [0.05, 0.1) is 21.8 Å². The largest absolute Gasteiger partial charge is 0.444 e. The van der Waals surface area contributed by atoms with Crippen LogP contribution in [0.3, 0.4) is 0 Å². The van der Waals surface area contributed by atoms with Crippen LogP contribution >= 0.6 is 11.3 Å². The van der Waals surface area contributed by atoms with E-state index in [9.17, 15) is 9.18 Å². The van der Waals surface area contributed by atoms with E-state index in [2.05, 4.69) is 20.1 Å². The summed E-state index contributed by atoms with van der Waals surface area (Å²) in [4.78, 5) is 22.1. The van der Waals surface area contributed by atoms with E-state index in [4.69, 9.17) is 4.74 Å². The van der Waals surface area contributed by atoms with Gasteiger partial charge in [-0.3, -0.25) is 5.10 Å². The monoisotopic (exact) mass is 621 g/mol. The van der Waals surface area contributed by atoms with Crippen LogP contribution in [0.5, 0.6) is 0 Å². The first-order chi connectivity index (χ1) is 21.1. The highest BCUT2D eigenvalue weighted by molar-refractivity contribution is 7.13. The van der Waals surface area contributed by atoms with Crippen molar-refractivity contribution in [2.24, 2.45) is 10.9 Å². The van der Waals surface area contributed by atoms with Crippen LogP contribution in [-0.4, -0.2) is 58.7 Å². The molecule has 2 aromatic carbocycles. The number of aromatic amines is 1. The minimum Gasteiger partial charge on any atom is -0.444 e. The normalized spacial score (nSPS) is 18.7. The lowest BCUT2D eigenvalue weighted by atomic mass is 9.73. The molecule has 7 nitrogen and oxygen atoms in total. The predicted molar refractivity (Wildman–Crippen MR) is 166 cm³/mol. The molecule has 1 saturated heterocycles. The Kier molecular flexibility index (Phi) is 8.00. The smallest absolute Gasteiger partial charge is 0.410 e. The Morgan fingerprint density at radius 1 is 1.02 bits per heavy atom. The maximum absolute atomic E-state index is 15.1. The fourth-order valence-corrected chi connectivity index (χ4v) is 6.82. The second-order valence-electron chi connectivity index (χ2n) is 12.1. The van der Waals surface area contributed by atoms with Gasteiger partial charge in [0.15, 0.2) is 17.5 Å². The number of ether oxygens (including phenoxy) is 1. The first-order valence-corrected chi connectivity index (χ1v) is 15.6. The summed E-state index contributed by atoms with van der Waals surface area (Å²) >= 11 is 1.56. The van der Waals surface area contributed by atoms with Gasteiger partial charge in [-0.15, -0.1) is 11.3 Å². The van der Waals surface area contributed by atoms with E-state index in [1.807, 2.05) is 69.5 Å². The van der Waals surface area contributed by atoms with E-state index in [0.717, 1.165) is 39.5 Å². The summed E-state index contributed by atoms with van der Waals surface area (Å²) in [5.41, 5.74) is 2.73. The summed E-state index contributed by atoms with van der Waals surface area (Å²) in [6.07, 6.45) is 0.193. The summed E-state index contributed by atoms with van der Waals surface area (Å²) in [5.74, 6) is -3.70. The highest BCUT2D eigenvalue weighted by Crippen LogP contribution is 2.49.